The van der Waals surface area contributed by atoms with Gasteiger partial charge in [0, 0.05) is 31.4 Å². The quantitative estimate of drug-likeness (QED) is 0.794. The van der Waals surface area contributed by atoms with E-state index in [1.165, 1.54) is 11.3 Å². The molecule has 3 rings (SSSR count). The van der Waals surface area contributed by atoms with E-state index in [0.29, 0.717) is 24.5 Å². The van der Waals surface area contributed by atoms with Crippen LogP contribution in [0.25, 0.3) is 0 Å². The van der Waals surface area contributed by atoms with Gasteiger partial charge in [-0.15, -0.1) is 0 Å². The Hall–Kier alpha value is -1.85. The summed E-state index contributed by atoms with van der Waals surface area (Å²) in [5.74, 6) is 0. The van der Waals surface area contributed by atoms with Crippen molar-refractivity contribution in [3.8, 4) is 0 Å². The van der Waals surface area contributed by atoms with E-state index in [1.54, 1.807) is 16.4 Å². The number of aryl methyl sites for hydroxylation is 1. The third-order valence-corrected chi connectivity index (χ3v) is 7.38. The van der Waals surface area contributed by atoms with Crippen molar-refractivity contribution in [3.63, 3.8) is 0 Å². The fraction of sp³-hybridized carbons (Fsp3) is 0.455. The second-order valence-corrected chi connectivity index (χ2v) is 10.4. The fourth-order valence-electron chi connectivity index (χ4n) is 3.70. The van der Waals surface area contributed by atoms with Crippen molar-refractivity contribution >= 4 is 15.7 Å². The third kappa shape index (κ3) is 4.04. The lowest BCUT2D eigenvalue weighted by molar-refractivity contribution is 0.306. The summed E-state index contributed by atoms with van der Waals surface area (Å²) in [6.45, 7) is 12.4. The number of hydrogen-bond donors (Lipinski definition) is 0. The number of piperazine rings is 1. The first-order chi connectivity index (χ1) is 12.6. The summed E-state index contributed by atoms with van der Waals surface area (Å²) in [6.07, 6.45) is 0. The molecule has 1 aliphatic rings. The molecule has 1 fully saturated rings. The summed E-state index contributed by atoms with van der Waals surface area (Å²) in [4.78, 5) is 2.67. The summed E-state index contributed by atoms with van der Waals surface area (Å²) >= 11 is 0. The Labute approximate surface area is 163 Å². The standard InChI is InChI=1S/C22H30N2O2S/c1-17-8-6-7-9-21(17)23-14-15-24(18(2)16-23)27(25,26)20-12-10-19(11-13-20)22(3,4)5/h6-13,18H,14-16H2,1-5H3. The fourth-order valence-corrected chi connectivity index (χ4v) is 5.31. The van der Waals surface area contributed by atoms with Gasteiger partial charge < -0.3 is 4.90 Å². The largest absolute Gasteiger partial charge is 0.368 e. The molecule has 1 unspecified atom stereocenters. The number of sulfonamides is 1. The SMILES string of the molecule is Cc1ccccc1N1CCN(S(=O)(=O)c2ccc(C(C)(C)C)cc2)C(C)C1. The van der Waals surface area contributed by atoms with E-state index in [2.05, 4.69) is 44.7 Å². The van der Waals surface area contributed by atoms with Crippen molar-refractivity contribution < 1.29 is 8.42 Å². The lowest BCUT2D eigenvalue weighted by Gasteiger charge is -2.40. The lowest BCUT2D eigenvalue weighted by atomic mass is 9.87. The number of para-hydroxylation sites is 1. The van der Waals surface area contributed by atoms with Crippen molar-refractivity contribution in [2.24, 2.45) is 0 Å². The molecule has 2 aromatic rings. The molecular formula is C22H30N2O2S. The third-order valence-electron chi connectivity index (χ3n) is 5.35. The number of rotatable bonds is 3. The second kappa shape index (κ2) is 7.28. The summed E-state index contributed by atoms with van der Waals surface area (Å²) in [7, 11) is -3.48. The molecule has 146 valence electrons. The maximum atomic E-state index is 13.2. The zero-order valence-electron chi connectivity index (χ0n) is 16.9. The van der Waals surface area contributed by atoms with Gasteiger partial charge in [-0.3, -0.25) is 0 Å². The van der Waals surface area contributed by atoms with Crippen molar-refractivity contribution in [1.82, 2.24) is 4.31 Å². The molecule has 0 N–H and O–H groups in total. The van der Waals surface area contributed by atoms with Crippen molar-refractivity contribution in [2.45, 2.75) is 51.0 Å². The Morgan fingerprint density at radius 2 is 1.59 bits per heavy atom. The summed E-state index contributed by atoms with van der Waals surface area (Å²) in [6, 6.07) is 15.6. The number of benzene rings is 2. The summed E-state index contributed by atoms with van der Waals surface area (Å²) in [5, 5.41) is 0. The first-order valence-electron chi connectivity index (χ1n) is 9.53. The molecule has 0 radical (unpaired) electrons. The van der Waals surface area contributed by atoms with Crippen LogP contribution in [0, 0.1) is 6.92 Å². The van der Waals surface area contributed by atoms with Gasteiger partial charge in [0.05, 0.1) is 4.90 Å². The Bertz CT molecular complexity index is 899. The Kier molecular flexibility index (Phi) is 5.37. The molecule has 1 heterocycles. The number of anilines is 1. The van der Waals surface area contributed by atoms with Crippen molar-refractivity contribution in [3.05, 3.63) is 59.7 Å². The molecule has 1 saturated heterocycles. The molecule has 1 aliphatic heterocycles. The molecule has 5 heteroatoms. The van der Waals surface area contributed by atoms with Crippen molar-refractivity contribution in [1.29, 1.82) is 0 Å². The van der Waals surface area contributed by atoms with Crippen LogP contribution in [0.3, 0.4) is 0 Å². The predicted octanol–water partition coefficient (Wildman–Crippen LogP) is 4.19. The van der Waals surface area contributed by atoms with Crippen molar-refractivity contribution in [2.75, 3.05) is 24.5 Å². The predicted molar refractivity (Wildman–Crippen MR) is 112 cm³/mol. The Morgan fingerprint density at radius 3 is 2.15 bits per heavy atom. The molecule has 1 atom stereocenters. The Morgan fingerprint density at radius 1 is 0.963 bits per heavy atom. The minimum absolute atomic E-state index is 0.00868. The summed E-state index contributed by atoms with van der Waals surface area (Å²) in [5.41, 5.74) is 3.56. The van der Waals surface area contributed by atoms with Gasteiger partial charge in [-0.05, 0) is 48.6 Å². The number of hydrogen-bond acceptors (Lipinski definition) is 3. The van der Waals surface area contributed by atoms with E-state index in [9.17, 15) is 8.42 Å². The number of nitrogens with zero attached hydrogens (tertiary/aromatic N) is 2. The van der Waals surface area contributed by atoms with Gasteiger partial charge in [0.15, 0.2) is 0 Å². The van der Waals surface area contributed by atoms with Gasteiger partial charge in [-0.25, -0.2) is 8.42 Å². The van der Waals surface area contributed by atoms with Crippen LogP contribution in [0.15, 0.2) is 53.4 Å². The smallest absolute Gasteiger partial charge is 0.243 e. The highest BCUT2D eigenvalue weighted by molar-refractivity contribution is 7.89. The molecule has 2 aromatic carbocycles. The van der Waals surface area contributed by atoms with E-state index in [1.807, 2.05) is 31.2 Å². The minimum atomic E-state index is -3.48. The average Bonchev–Trinajstić information content (AvgIpc) is 2.61. The van der Waals surface area contributed by atoms with Gasteiger partial charge in [-0.1, -0.05) is 51.1 Å². The highest BCUT2D eigenvalue weighted by Crippen LogP contribution is 2.28. The monoisotopic (exact) mass is 386 g/mol. The normalized spacial score (nSPS) is 19.3. The van der Waals surface area contributed by atoms with Crippen LogP contribution >= 0.6 is 0 Å². The van der Waals surface area contributed by atoms with Crippen LogP contribution in [0.2, 0.25) is 0 Å². The molecule has 0 amide bonds. The van der Waals surface area contributed by atoms with E-state index in [-0.39, 0.29) is 11.5 Å². The molecule has 0 aliphatic carbocycles. The summed E-state index contributed by atoms with van der Waals surface area (Å²) < 4.78 is 28.0. The first-order valence-corrected chi connectivity index (χ1v) is 11.0. The Balaban J connectivity index is 1.79. The maximum Gasteiger partial charge on any atom is 0.243 e. The molecule has 0 spiro atoms. The second-order valence-electron chi connectivity index (χ2n) is 8.47. The topological polar surface area (TPSA) is 40.6 Å². The molecule has 0 saturated carbocycles. The highest BCUT2D eigenvalue weighted by Gasteiger charge is 2.34. The average molecular weight is 387 g/mol. The van der Waals surface area contributed by atoms with Crippen LogP contribution in [0.1, 0.15) is 38.8 Å². The van der Waals surface area contributed by atoms with E-state index >= 15 is 0 Å². The first kappa shape index (κ1) is 19.9. The van der Waals surface area contributed by atoms with Gasteiger partial charge in [0.2, 0.25) is 10.0 Å². The highest BCUT2D eigenvalue weighted by atomic mass is 32.2. The molecule has 4 nitrogen and oxygen atoms in total. The van der Waals surface area contributed by atoms with Crippen LogP contribution < -0.4 is 4.90 Å². The van der Waals surface area contributed by atoms with E-state index in [4.69, 9.17) is 0 Å². The van der Waals surface area contributed by atoms with Crippen LogP contribution in [-0.2, 0) is 15.4 Å². The molecule has 27 heavy (non-hydrogen) atoms. The maximum absolute atomic E-state index is 13.2. The van der Waals surface area contributed by atoms with Crippen LogP contribution in [-0.4, -0.2) is 38.4 Å². The van der Waals surface area contributed by atoms with Crippen LogP contribution in [0.5, 0.6) is 0 Å². The zero-order chi connectivity index (χ0) is 19.8. The lowest BCUT2D eigenvalue weighted by Crippen LogP contribution is -2.54. The molecular weight excluding hydrogens is 356 g/mol. The molecule has 0 bridgehead atoms. The van der Waals surface area contributed by atoms with Gasteiger partial charge in [-0.2, -0.15) is 4.31 Å². The minimum Gasteiger partial charge on any atom is -0.368 e. The zero-order valence-corrected chi connectivity index (χ0v) is 17.8. The van der Waals surface area contributed by atoms with E-state index < -0.39 is 10.0 Å². The molecule has 0 aromatic heterocycles. The van der Waals surface area contributed by atoms with Crippen LogP contribution in [0.4, 0.5) is 5.69 Å². The van der Waals surface area contributed by atoms with Gasteiger partial charge >= 0.3 is 0 Å². The van der Waals surface area contributed by atoms with Gasteiger partial charge in [0.1, 0.15) is 0 Å². The van der Waals surface area contributed by atoms with Gasteiger partial charge in [0.25, 0.3) is 0 Å². The van der Waals surface area contributed by atoms with E-state index in [0.717, 1.165) is 5.56 Å².